The Morgan fingerprint density at radius 2 is 2.03 bits per heavy atom. The second-order valence-electron chi connectivity index (χ2n) is 8.52. The monoisotopic (exact) mass is 534 g/mol. The third-order valence-corrected chi connectivity index (χ3v) is 7.37. The Kier molecular flexibility index (Phi) is 9.44. The Balaban J connectivity index is 1.52. The molecule has 1 N–H and O–H groups in total. The molecule has 0 radical (unpaired) electrons. The quantitative estimate of drug-likeness (QED) is 0.362. The molecule has 4 rings (SSSR count). The highest BCUT2D eigenvalue weighted by molar-refractivity contribution is 8.16. The van der Waals surface area contributed by atoms with Crippen molar-refractivity contribution in [3.05, 3.63) is 57.2 Å². The van der Waals surface area contributed by atoms with Crippen LogP contribution in [-0.2, 0) is 23.8 Å². The molecule has 1 saturated heterocycles. The maximum atomic E-state index is 13.2. The van der Waals surface area contributed by atoms with Crippen molar-refractivity contribution in [3.8, 4) is 0 Å². The SMILES string of the molecule is COCCOC(=O)C1=C(C)N=C2SC=C(CC(=O)NCCN3CCOCC3)N2C1c1ccccc1Cl. The van der Waals surface area contributed by atoms with Gasteiger partial charge in [-0.25, -0.2) is 9.79 Å². The topological polar surface area (TPSA) is 92.7 Å². The van der Waals surface area contributed by atoms with Crippen LogP contribution in [0.4, 0.5) is 0 Å². The molecule has 11 heteroatoms. The van der Waals surface area contributed by atoms with E-state index < -0.39 is 12.0 Å². The van der Waals surface area contributed by atoms with Crippen molar-refractivity contribution < 1.29 is 23.8 Å². The first kappa shape index (κ1) is 26.7. The van der Waals surface area contributed by atoms with Crippen LogP contribution in [0.3, 0.4) is 0 Å². The van der Waals surface area contributed by atoms with Gasteiger partial charge in [0.15, 0.2) is 5.17 Å². The standard InChI is InChI=1S/C25H31ClN4O5S/c1-17-22(24(32)35-14-13-33-2)23(19-5-3-4-6-20(19)26)30-18(16-36-25(30)28-17)15-21(31)27-7-8-29-9-11-34-12-10-29/h3-6,16,23H,7-15H2,1-2H3,(H,27,31). The number of fused-ring (bicyclic) bond motifs is 1. The summed E-state index contributed by atoms with van der Waals surface area (Å²) < 4.78 is 15.9. The summed E-state index contributed by atoms with van der Waals surface area (Å²) in [4.78, 5) is 34.9. The number of amidine groups is 1. The average molecular weight is 535 g/mol. The molecule has 0 aromatic heterocycles. The third kappa shape index (κ3) is 6.30. The summed E-state index contributed by atoms with van der Waals surface area (Å²) in [7, 11) is 1.55. The van der Waals surface area contributed by atoms with Crippen LogP contribution in [0.25, 0.3) is 0 Å². The van der Waals surface area contributed by atoms with Crippen LogP contribution in [0.15, 0.2) is 51.6 Å². The van der Waals surface area contributed by atoms with Gasteiger partial charge in [-0.05, 0) is 24.0 Å². The molecule has 0 saturated carbocycles. The summed E-state index contributed by atoms with van der Waals surface area (Å²) in [5, 5.41) is 6.14. The Hall–Kier alpha value is -2.37. The molecule has 9 nitrogen and oxygen atoms in total. The Morgan fingerprint density at radius 3 is 2.78 bits per heavy atom. The average Bonchev–Trinajstić information content (AvgIpc) is 3.26. The minimum absolute atomic E-state index is 0.0928. The number of methoxy groups -OCH3 is 1. The number of nitrogens with zero attached hydrogens (tertiary/aromatic N) is 3. The zero-order valence-electron chi connectivity index (χ0n) is 20.5. The molecule has 0 spiro atoms. The molecule has 1 amide bonds. The van der Waals surface area contributed by atoms with Gasteiger partial charge in [-0.1, -0.05) is 41.6 Å². The van der Waals surface area contributed by atoms with Gasteiger partial charge in [0.1, 0.15) is 6.61 Å². The van der Waals surface area contributed by atoms with Crippen LogP contribution < -0.4 is 5.32 Å². The first-order valence-corrected chi connectivity index (χ1v) is 13.2. The second kappa shape index (κ2) is 12.7. The molecular weight excluding hydrogens is 504 g/mol. The van der Waals surface area contributed by atoms with Crippen LogP contribution in [0.1, 0.15) is 24.9 Å². The summed E-state index contributed by atoms with van der Waals surface area (Å²) in [5.41, 5.74) is 2.45. The van der Waals surface area contributed by atoms with E-state index in [1.54, 1.807) is 20.1 Å². The van der Waals surface area contributed by atoms with E-state index in [-0.39, 0.29) is 18.9 Å². The summed E-state index contributed by atoms with van der Waals surface area (Å²) in [6.45, 7) is 6.74. The van der Waals surface area contributed by atoms with Crippen molar-refractivity contribution in [2.75, 3.05) is 59.7 Å². The molecule has 0 aliphatic carbocycles. The lowest BCUT2D eigenvalue weighted by Crippen LogP contribution is -2.42. The number of halogens is 1. The van der Waals surface area contributed by atoms with Crippen molar-refractivity contribution in [2.45, 2.75) is 19.4 Å². The minimum Gasteiger partial charge on any atom is -0.460 e. The van der Waals surface area contributed by atoms with E-state index in [1.165, 1.54) is 11.8 Å². The van der Waals surface area contributed by atoms with Gasteiger partial charge >= 0.3 is 5.97 Å². The van der Waals surface area contributed by atoms with Gasteiger partial charge < -0.3 is 24.4 Å². The number of amides is 1. The lowest BCUT2D eigenvalue weighted by atomic mass is 9.93. The summed E-state index contributed by atoms with van der Waals surface area (Å²) in [5.74, 6) is -0.576. The fourth-order valence-electron chi connectivity index (χ4n) is 4.32. The van der Waals surface area contributed by atoms with Crippen LogP contribution >= 0.6 is 23.4 Å². The van der Waals surface area contributed by atoms with E-state index in [9.17, 15) is 9.59 Å². The molecule has 3 aliphatic rings. The smallest absolute Gasteiger partial charge is 0.338 e. The highest BCUT2D eigenvalue weighted by Crippen LogP contribution is 2.46. The van der Waals surface area contributed by atoms with E-state index in [4.69, 9.17) is 25.8 Å². The zero-order valence-corrected chi connectivity index (χ0v) is 22.1. The van der Waals surface area contributed by atoms with Crippen molar-refractivity contribution in [3.63, 3.8) is 0 Å². The first-order valence-electron chi connectivity index (χ1n) is 11.9. The minimum atomic E-state index is -0.566. The number of hydrogen-bond donors (Lipinski definition) is 1. The van der Waals surface area contributed by atoms with Crippen LogP contribution in [0.5, 0.6) is 0 Å². The van der Waals surface area contributed by atoms with E-state index in [0.29, 0.717) is 34.6 Å². The molecule has 1 aromatic carbocycles. The van der Waals surface area contributed by atoms with Crippen LogP contribution in [-0.4, -0.2) is 86.6 Å². The van der Waals surface area contributed by atoms with Crippen molar-refractivity contribution in [1.82, 2.24) is 15.1 Å². The predicted octanol–water partition coefficient (Wildman–Crippen LogP) is 2.94. The van der Waals surface area contributed by atoms with Gasteiger partial charge in [0.25, 0.3) is 0 Å². The van der Waals surface area contributed by atoms with Gasteiger partial charge in [-0.15, -0.1) is 0 Å². The number of hydrogen-bond acceptors (Lipinski definition) is 9. The highest BCUT2D eigenvalue weighted by Gasteiger charge is 2.41. The number of ether oxygens (including phenoxy) is 3. The van der Waals surface area contributed by atoms with Crippen molar-refractivity contribution in [2.24, 2.45) is 4.99 Å². The highest BCUT2D eigenvalue weighted by atomic mass is 35.5. The molecular formula is C25H31ClN4O5S. The molecule has 3 aliphatic heterocycles. The fourth-order valence-corrected chi connectivity index (χ4v) is 5.53. The predicted molar refractivity (Wildman–Crippen MR) is 140 cm³/mol. The van der Waals surface area contributed by atoms with E-state index in [1.807, 2.05) is 28.5 Å². The summed E-state index contributed by atoms with van der Waals surface area (Å²) in [6, 6.07) is 6.82. The number of esters is 1. The maximum absolute atomic E-state index is 13.2. The molecule has 1 unspecified atom stereocenters. The number of aliphatic imine (C=N–C) groups is 1. The van der Waals surface area contributed by atoms with E-state index in [2.05, 4.69) is 15.2 Å². The Bertz CT molecular complexity index is 1070. The van der Waals surface area contributed by atoms with E-state index in [0.717, 1.165) is 44.1 Å². The van der Waals surface area contributed by atoms with Crippen LogP contribution in [0, 0.1) is 0 Å². The number of rotatable bonds is 10. The number of carbonyl (C=O) groups is 2. The normalized spacial score (nSPS) is 20.1. The first-order chi connectivity index (χ1) is 17.5. The van der Waals surface area contributed by atoms with E-state index >= 15 is 0 Å². The van der Waals surface area contributed by atoms with Gasteiger partial charge in [0.2, 0.25) is 5.91 Å². The van der Waals surface area contributed by atoms with Gasteiger partial charge in [0.05, 0.1) is 43.6 Å². The lowest BCUT2D eigenvalue weighted by molar-refractivity contribution is -0.141. The molecule has 36 heavy (non-hydrogen) atoms. The van der Waals surface area contributed by atoms with Crippen molar-refractivity contribution >= 4 is 40.4 Å². The van der Waals surface area contributed by atoms with Gasteiger partial charge in [-0.2, -0.15) is 0 Å². The Labute approximate surface area is 220 Å². The number of benzene rings is 1. The third-order valence-electron chi connectivity index (χ3n) is 6.14. The molecule has 1 fully saturated rings. The maximum Gasteiger partial charge on any atom is 0.338 e. The van der Waals surface area contributed by atoms with Crippen LogP contribution in [0.2, 0.25) is 5.02 Å². The molecule has 1 aromatic rings. The number of nitrogens with one attached hydrogen (secondary N) is 1. The number of morpholine rings is 1. The summed E-state index contributed by atoms with van der Waals surface area (Å²) >= 11 is 8.04. The largest absolute Gasteiger partial charge is 0.460 e. The fraction of sp³-hybridized carbons (Fsp3) is 0.480. The number of allylic oxidation sites excluding steroid dienone is 1. The Morgan fingerprint density at radius 1 is 1.25 bits per heavy atom. The summed E-state index contributed by atoms with van der Waals surface area (Å²) in [6.07, 6.45) is 0.154. The molecule has 0 bridgehead atoms. The van der Waals surface area contributed by atoms with Gasteiger partial charge in [0, 0.05) is 44.0 Å². The van der Waals surface area contributed by atoms with Crippen molar-refractivity contribution in [1.29, 1.82) is 0 Å². The molecule has 1 atom stereocenters. The number of carbonyl (C=O) groups excluding carboxylic acids is 2. The number of thioether (sulfide) groups is 1. The van der Waals surface area contributed by atoms with Gasteiger partial charge in [-0.3, -0.25) is 9.69 Å². The second-order valence-corrected chi connectivity index (χ2v) is 9.77. The lowest BCUT2D eigenvalue weighted by Gasteiger charge is -2.36. The molecule has 3 heterocycles. The molecule has 194 valence electrons. The zero-order chi connectivity index (χ0) is 25.5.